The van der Waals surface area contributed by atoms with E-state index in [2.05, 4.69) is 10.6 Å². The molecule has 0 aliphatic rings. The summed E-state index contributed by atoms with van der Waals surface area (Å²) in [6.07, 6.45) is 0. The molecule has 1 aromatic rings. The molecule has 3 N–H and O–H groups in total. The Morgan fingerprint density at radius 3 is 2.47 bits per heavy atom. The maximum atomic E-state index is 11.4. The van der Waals surface area contributed by atoms with Crippen LogP contribution in [0.1, 0.15) is 24.2 Å². The van der Waals surface area contributed by atoms with Gasteiger partial charge in [-0.3, -0.25) is 0 Å². The van der Waals surface area contributed by atoms with Crippen LogP contribution in [0.3, 0.4) is 0 Å². The molecule has 0 aromatic heterocycles. The van der Waals surface area contributed by atoms with Gasteiger partial charge in [0, 0.05) is 16.8 Å². The Balaban J connectivity index is 2.84. The lowest BCUT2D eigenvalue weighted by molar-refractivity contribution is 0.0697. The van der Waals surface area contributed by atoms with Crippen molar-refractivity contribution < 1.29 is 14.7 Å². The zero-order valence-corrected chi connectivity index (χ0v) is 10.2. The molecule has 0 aliphatic carbocycles. The summed E-state index contributed by atoms with van der Waals surface area (Å²) in [4.78, 5) is 22.2. The molecule has 1 rings (SSSR count). The Hall–Kier alpha value is -1.75. The second kappa shape index (κ2) is 5.54. The van der Waals surface area contributed by atoms with E-state index < -0.39 is 12.0 Å². The predicted molar refractivity (Wildman–Crippen MR) is 65.7 cm³/mol. The number of carboxylic acid groups (broad SMARTS) is 1. The topological polar surface area (TPSA) is 78.4 Å². The fourth-order valence-electron chi connectivity index (χ4n) is 1.21. The van der Waals surface area contributed by atoms with Gasteiger partial charge in [0.05, 0.1) is 5.56 Å². The van der Waals surface area contributed by atoms with E-state index in [9.17, 15) is 9.59 Å². The first kappa shape index (κ1) is 13.3. The highest BCUT2D eigenvalue weighted by Gasteiger charge is 2.08. The minimum absolute atomic E-state index is 0.00636. The number of hydrogen-bond acceptors (Lipinski definition) is 2. The summed E-state index contributed by atoms with van der Waals surface area (Å²) in [6, 6.07) is 3.73. The number of carbonyl (C=O) groups excluding carboxylic acids is 1. The van der Waals surface area contributed by atoms with Gasteiger partial charge in [-0.1, -0.05) is 11.6 Å². The highest BCUT2D eigenvalue weighted by Crippen LogP contribution is 2.19. The van der Waals surface area contributed by atoms with E-state index in [1.165, 1.54) is 18.2 Å². The van der Waals surface area contributed by atoms with Gasteiger partial charge in [0.2, 0.25) is 0 Å². The monoisotopic (exact) mass is 256 g/mol. The number of aromatic carboxylic acids is 1. The van der Waals surface area contributed by atoms with Gasteiger partial charge in [-0.2, -0.15) is 0 Å². The minimum atomic E-state index is -1.10. The average Bonchev–Trinajstić information content (AvgIpc) is 2.14. The fraction of sp³-hybridized carbons (Fsp3) is 0.273. The molecule has 0 saturated carbocycles. The molecule has 6 heteroatoms. The van der Waals surface area contributed by atoms with E-state index in [0.717, 1.165) is 0 Å². The number of anilines is 1. The van der Waals surface area contributed by atoms with Crippen LogP contribution in [0, 0.1) is 0 Å². The quantitative estimate of drug-likeness (QED) is 0.778. The fourth-order valence-corrected chi connectivity index (χ4v) is 1.45. The largest absolute Gasteiger partial charge is 0.478 e. The number of carbonyl (C=O) groups is 2. The summed E-state index contributed by atoms with van der Waals surface area (Å²) < 4.78 is 0. The molecule has 0 bridgehead atoms. The van der Waals surface area contributed by atoms with Crippen molar-refractivity contribution in [2.75, 3.05) is 5.32 Å². The number of amides is 2. The highest BCUT2D eigenvalue weighted by atomic mass is 35.5. The van der Waals surface area contributed by atoms with E-state index in [-0.39, 0.29) is 16.6 Å². The summed E-state index contributed by atoms with van der Waals surface area (Å²) in [5.41, 5.74) is 0.366. The third-order valence-corrected chi connectivity index (χ3v) is 2.04. The first-order valence-electron chi connectivity index (χ1n) is 5.00. The Labute approximate surface area is 104 Å². The molecule has 92 valence electrons. The number of benzene rings is 1. The molecule has 1 aromatic carbocycles. The molecule has 0 atom stereocenters. The summed E-state index contributed by atoms with van der Waals surface area (Å²) >= 11 is 5.75. The normalized spacial score (nSPS) is 10.1. The van der Waals surface area contributed by atoms with E-state index in [1.54, 1.807) is 0 Å². The van der Waals surface area contributed by atoms with Crippen molar-refractivity contribution in [1.29, 1.82) is 0 Å². The molecule has 0 aliphatic heterocycles. The number of nitrogens with one attached hydrogen (secondary N) is 2. The molecular formula is C11H13ClN2O3. The summed E-state index contributed by atoms with van der Waals surface area (Å²) in [7, 11) is 0. The van der Waals surface area contributed by atoms with Crippen LogP contribution in [-0.2, 0) is 0 Å². The number of halogens is 1. The molecule has 0 radical (unpaired) electrons. The van der Waals surface area contributed by atoms with E-state index in [0.29, 0.717) is 5.69 Å². The van der Waals surface area contributed by atoms with Crippen molar-refractivity contribution in [2.24, 2.45) is 0 Å². The Kier molecular flexibility index (Phi) is 4.34. The van der Waals surface area contributed by atoms with Crippen molar-refractivity contribution in [2.45, 2.75) is 19.9 Å². The second-order valence-electron chi connectivity index (χ2n) is 3.79. The van der Waals surface area contributed by atoms with Gasteiger partial charge in [0.15, 0.2) is 0 Å². The molecule has 0 heterocycles. The number of rotatable bonds is 3. The summed E-state index contributed by atoms with van der Waals surface area (Å²) in [5.74, 6) is -1.10. The number of urea groups is 1. The Bertz CT molecular complexity index is 446. The lowest BCUT2D eigenvalue weighted by Crippen LogP contribution is -2.34. The van der Waals surface area contributed by atoms with E-state index in [1.807, 2.05) is 13.8 Å². The van der Waals surface area contributed by atoms with Crippen molar-refractivity contribution in [1.82, 2.24) is 5.32 Å². The first-order valence-corrected chi connectivity index (χ1v) is 5.37. The predicted octanol–water partition coefficient (Wildman–Crippen LogP) is 2.57. The van der Waals surface area contributed by atoms with Crippen LogP contribution in [0.4, 0.5) is 10.5 Å². The molecule has 0 saturated heterocycles. The second-order valence-corrected chi connectivity index (χ2v) is 4.22. The van der Waals surface area contributed by atoms with Gasteiger partial charge >= 0.3 is 12.0 Å². The van der Waals surface area contributed by atoms with Gasteiger partial charge in [-0.25, -0.2) is 9.59 Å². The van der Waals surface area contributed by atoms with Gasteiger partial charge in [-0.15, -0.1) is 0 Å². The minimum Gasteiger partial charge on any atom is -0.478 e. The van der Waals surface area contributed by atoms with Crippen LogP contribution in [0.25, 0.3) is 0 Å². The van der Waals surface area contributed by atoms with E-state index >= 15 is 0 Å². The van der Waals surface area contributed by atoms with Crippen LogP contribution in [0.15, 0.2) is 18.2 Å². The third-order valence-electron chi connectivity index (χ3n) is 1.82. The molecule has 0 unspecified atom stereocenters. The van der Waals surface area contributed by atoms with Crippen LogP contribution in [-0.4, -0.2) is 23.1 Å². The zero-order chi connectivity index (χ0) is 13.0. The van der Waals surface area contributed by atoms with Crippen LogP contribution >= 0.6 is 11.6 Å². The van der Waals surface area contributed by atoms with Crippen molar-refractivity contribution >= 4 is 29.3 Å². The number of carboxylic acids is 1. The van der Waals surface area contributed by atoms with Gasteiger partial charge in [0.25, 0.3) is 0 Å². The maximum absolute atomic E-state index is 11.4. The molecule has 0 spiro atoms. The molecule has 5 nitrogen and oxygen atoms in total. The smallest absolute Gasteiger partial charge is 0.335 e. The van der Waals surface area contributed by atoms with E-state index in [4.69, 9.17) is 16.7 Å². The van der Waals surface area contributed by atoms with Crippen LogP contribution in [0.2, 0.25) is 5.02 Å². The highest BCUT2D eigenvalue weighted by molar-refractivity contribution is 6.31. The molecular weight excluding hydrogens is 244 g/mol. The molecule has 17 heavy (non-hydrogen) atoms. The van der Waals surface area contributed by atoms with Crippen molar-refractivity contribution in [3.05, 3.63) is 28.8 Å². The lowest BCUT2D eigenvalue weighted by atomic mass is 10.2. The third kappa shape index (κ3) is 4.32. The summed E-state index contributed by atoms with van der Waals surface area (Å²) in [5, 5.41) is 14.2. The van der Waals surface area contributed by atoms with Gasteiger partial charge in [0.1, 0.15) is 0 Å². The standard InChI is InChI=1S/C11H13ClN2O3/c1-6(2)13-11(17)14-9-4-7(10(15)16)3-8(12)5-9/h3-6H,1-2H3,(H,15,16)(H2,13,14,17). The van der Waals surface area contributed by atoms with Gasteiger partial charge in [-0.05, 0) is 32.0 Å². The SMILES string of the molecule is CC(C)NC(=O)Nc1cc(Cl)cc(C(=O)O)c1. The van der Waals surface area contributed by atoms with Crippen molar-refractivity contribution in [3.8, 4) is 0 Å². The van der Waals surface area contributed by atoms with Crippen LogP contribution < -0.4 is 10.6 Å². The number of hydrogen-bond donors (Lipinski definition) is 3. The lowest BCUT2D eigenvalue weighted by Gasteiger charge is -2.10. The Morgan fingerprint density at radius 1 is 1.29 bits per heavy atom. The Morgan fingerprint density at radius 2 is 1.94 bits per heavy atom. The van der Waals surface area contributed by atoms with Crippen LogP contribution in [0.5, 0.6) is 0 Å². The summed E-state index contributed by atoms with van der Waals surface area (Å²) in [6.45, 7) is 3.64. The molecule has 2 amide bonds. The average molecular weight is 257 g/mol. The zero-order valence-electron chi connectivity index (χ0n) is 9.45. The van der Waals surface area contributed by atoms with Crippen molar-refractivity contribution in [3.63, 3.8) is 0 Å². The maximum Gasteiger partial charge on any atom is 0.335 e. The van der Waals surface area contributed by atoms with Gasteiger partial charge < -0.3 is 15.7 Å². The first-order chi connectivity index (χ1) is 7.88. The molecule has 0 fully saturated rings.